The van der Waals surface area contributed by atoms with Crippen LogP contribution in [0.2, 0.25) is 5.15 Å². The molecule has 0 atom stereocenters. The normalized spacial score (nSPS) is 14.8. The Balaban J connectivity index is 2.06. The van der Waals surface area contributed by atoms with Crippen molar-refractivity contribution in [2.75, 3.05) is 6.54 Å². The summed E-state index contributed by atoms with van der Waals surface area (Å²) in [7, 11) is 0. The Labute approximate surface area is 97.4 Å². The van der Waals surface area contributed by atoms with Crippen molar-refractivity contribution in [3.05, 3.63) is 34.7 Å². The van der Waals surface area contributed by atoms with Crippen LogP contribution in [-0.2, 0) is 13.0 Å². The average molecular weight is 236 g/mol. The molecule has 0 fully saturated rings. The van der Waals surface area contributed by atoms with Gasteiger partial charge in [-0.15, -0.1) is 10.2 Å². The second-order valence-corrected chi connectivity index (χ2v) is 4.06. The first-order valence-electron chi connectivity index (χ1n) is 5.11. The summed E-state index contributed by atoms with van der Waals surface area (Å²) in [6.45, 7) is 1.84. The van der Waals surface area contributed by atoms with Crippen LogP contribution >= 0.6 is 11.6 Å². The number of nitrogens with zero attached hydrogens (tertiary/aromatic N) is 4. The Morgan fingerprint density at radius 3 is 3.06 bits per heavy atom. The standard InChI is InChI=1S/C10H10ClN5/c11-9-1-2-10(15-14-9)16-8-3-4-12-5-7(8)6-13-16/h1-2,6,12H,3-5H2. The molecule has 0 spiro atoms. The van der Waals surface area contributed by atoms with Gasteiger partial charge in [0.1, 0.15) is 0 Å². The molecule has 3 heterocycles. The first-order chi connectivity index (χ1) is 7.84. The van der Waals surface area contributed by atoms with Gasteiger partial charge >= 0.3 is 0 Å². The fraction of sp³-hybridized carbons (Fsp3) is 0.300. The molecule has 1 aliphatic heterocycles. The zero-order valence-corrected chi connectivity index (χ0v) is 9.28. The number of rotatable bonds is 1. The highest BCUT2D eigenvalue weighted by Gasteiger charge is 2.16. The summed E-state index contributed by atoms with van der Waals surface area (Å²) in [6.07, 6.45) is 2.83. The first-order valence-corrected chi connectivity index (χ1v) is 5.48. The van der Waals surface area contributed by atoms with Crippen molar-refractivity contribution < 1.29 is 0 Å². The largest absolute Gasteiger partial charge is 0.312 e. The molecule has 1 aliphatic rings. The van der Waals surface area contributed by atoms with Gasteiger partial charge in [-0.2, -0.15) is 5.10 Å². The van der Waals surface area contributed by atoms with E-state index in [2.05, 4.69) is 20.6 Å². The second kappa shape index (κ2) is 3.84. The topological polar surface area (TPSA) is 55.6 Å². The summed E-state index contributed by atoms with van der Waals surface area (Å²) >= 11 is 5.70. The molecule has 2 aromatic rings. The Hall–Kier alpha value is -1.46. The van der Waals surface area contributed by atoms with E-state index in [9.17, 15) is 0 Å². The van der Waals surface area contributed by atoms with Crippen LogP contribution in [0.25, 0.3) is 5.82 Å². The Bertz CT molecular complexity index is 504. The third kappa shape index (κ3) is 1.58. The molecule has 0 unspecified atom stereocenters. The minimum atomic E-state index is 0.395. The number of hydrogen-bond donors (Lipinski definition) is 1. The van der Waals surface area contributed by atoms with Gasteiger partial charge in [0.15, 0.2) is 11.0 Å². The van der Waals surface area contributed by atoms with Crippen molar-refractivity contribution >= 4 is 11.6 Å². The molecule has 0 aliphatic carbocycles. The molecular formula is C10H10ClN5. The van der Waals surface area contributed by atoms with Crippen LogP contribution < -0.4 is 5.32 Å². The van der Waals surface area contributed by atoms with Gasteiger partial charge in [0.25, 0.3) is 0 Å². The molecule has 6 heteroatoms. The number of halogens is 1. The zero-order chi connectivity index (χ0) is 11.0. The van der Waals surface area contributed by atoms with Crippen molar-refractivity contribution in [2.45, 2.75) is 13.0 Å². The van der Waals surface area contributed by atoms with Crippen molar-refractivity contribution in [2.24, 2.45) is 0 Å². The molecular weight excluding hydrogens is 226 g/mol. The SMILES string of the molecule is Clc1ccc(-n2ncc3c2CCNC3)nn1. The molecule has 0 saturated heterocycles. The minimum absolute atomic E-state index is 0.395. The highest BCUT2D eigenvalue weighted by Crippen LogP contribution is 2.16. The van der Waals surface area contributed by atoms with E-state index in [0.717, 1.165) is 19.5 Å². The molecule has 3 rings (SSSR count). The summed E-state index contributed by atoms with van der Waals surface area (Å²) < 4.78 is 1.83. The quantitative estimate of drug-likeness (QED) is 0.800. The maximum Gasteiger partial charge on any atom is 0.176 e. The molecule has 2 aromatic heterocycles. The van der Waals surface area contributed by atoms with Gasteiger partial charge in [0.2, 0.25) is 0 Å². The van der Waals surface area contributed by atoms with E-state index in [1.165, 1.54) is 11.3 Å². The number of nitrogens with one attached hydrogen (secondary N) is 1. The molecule has 0 bridgehead atoms. The molecule has 82 valence electrons. The maximum atomic E-state index is 5.70. The van der Waals surface area contributed by atoms with Crippen molar-refractivity contribution in [1.29, 1.82) is 0 Å². The first kappa shape index (κ1) is 9.74. The van der Waals surface area contributed by atoms with Gasteiger partial charge in [-0.3, -0.25) is 0 Å². The summed E-state index contributed by atoms with van der Waals surface area (Å²) in [5.41, 5.74) is 2.43. The predicted molar refractivity (Wildman–Crippen MR) is 59.6 cm³/mol. The van der Waals surface area contributed by atoms with Gasteiger partial charge in [0.05, 0.1) is 11.9 Å². The van der Waals surface area contributed by atoms with Crippen LogP contribution in [0.5, 0.6) is 0 Å². The van der Waals surface area contributed by atoms with Gasteiger partial charge in [-0.05, 0) is 12.1 Å². The molecule has 1 N–H and O–H groups in total. The highest BCUT2D eigenvalue weighted by molar-refractivity contribution is 6.29. The highest BCUT2D eigenvalue weighted by atomic mass is 35.5. The lowest BCUT2D eigenvalue weighted by atomic mass is 10.1. The van der Waals surface area contributed by atoms with Crippen LogP contribution in [0.4, 0.5) is 0 Å². The fourth-order valence-corrected chi connectivity index (χ4v) is 1.97. The molecule has 0 amide bonds. The summed E-state index contributed by atoms with van der Waals surface area (Å²) in [5, 5.41) is 15.9. The molecule has 0 aromatic carbocycles. The van der Waals surface area contributed by atoms with E-state index in [1.807, 2.05) is 16.9 Å². The van der Waals surface area contributed by atoms with Crippen LogP contribution in [0, 0.1) is 0 Å². The van der Waals surface area contributed by atoms with E-state index in [1.54, 1.807) is 6.07 Å². The van der Waals surface area contributed by atoms with Crippen molar-refractivity contribution in [3.63, 3.8) is 0 Å². The third-order valence-electron chi connectivity index (χ3n) is 2.64. The molecule has 16 heavy (non-hydrogen) atoms. The third-order valence-corrected chi connectivity index (χ3v) is 2.85. The van der Waals surface area contributed by atoms with E-state index < -0.39 is 0 Å². The van der Waals surface area contributed by atoms with E-state index in [4.69, 9.17) is 11.6 Å². The van der Waals surface area contributed by atoms with E-state index >= 15 is 0 Å². The predicted octanol–water partition coefficient (Wildman–Crippen LogP) is 0.961. The smallest absolute Gasteiger partial charge is 0.176 e. The number of hydrogen-bond acceptors (Lipinski definition) is 4. The van der Waals surface area contributed by atoms with Crippen molar-refractivity contribution in [3.8, 4) is 5.82 Å². The zero-order valence-electron chi connectivity index (χ0n) is 8.52. The van der Waals surface area contributed by atoms with Crippen LogP contribution in [-0.4, -0.2) is 26.5 Å². The molecule has 0 saturated carbocycles. The lowest BCUT2D eigenvalue weighted by Gasteiger charge is -2.14. The van der Waals surface area contributed by atoms with Crippen molar-refractivity contribution in [1.82, 2.24) is 25.3 Å². The maximum absolute atomic E-state index is 5.70. The number of fused-ring (bicyclic) bond motifs is 1. The van der Waals surface area contributed by atoms with Gasteiger partial charge in [0, 0.05) is 25.1 Å². The Morgan fingerprint density at radius 2 is 2.25 bits per heavy atom. The average Bonchev–Trinajstić information content (AvgIpc) is 2.74. The Kier molecular flexibility index (Phi) is 2.34. The summed E-state index contributed by atoms with van der Waals surface area (Å²) in [6, 6.07) is 3.55. The number of aromatic nitrogens is 4. The fourth-order valence-electron chi connectivity index (χ4n) is 1.87. The van der Waals surface area contributed by atoms with E-state index in [0.29, 0.717) is 11.0 Å². The van der Waals surface area contributed by atoms with Crippen LogP contribution in [0.15, 0.2) is 18.3 Å². The van der Waals surface area contributed by atoms with Gasteiger partial charge < -0.3 is 5.32 Å². The van der Waals surface area contributed by atoms with E-state index in [-0.39, 0.29) is 0 Å². The Morgan fingerprint density at radius 1 is 1.31 bits per heavy atom. The van der Waals surface area contributed by atoms with Crippen LogP contribution in [0.1, 0.15) is 11.3 Å². The second-order valence-electron chi connectivity index (χ2n) is 3.67. The summed E-state index contributed by atoms with van der Waals surface area (Å²) in [4.78, 5) is 0. The van der Waals surface area contributed by atoms with Crippen LogP contribution in [0.3, 0.4) is 0 Å². The van der Waals surface area contributed by atoms with Gasteiger partial charge in [-0.1, -0.05) is 11.6 Å². The molecule has 0 radical (unpaired) electrons. The summed E-state index contributed by atoms with van der Waals surface area (Å²) in [5.74, 6) is 0.715. The lowest BCUT2D eigenvalue weighted by molar-refractivity contribution is 0.619. The monoisotopic (exact) mass is 235 g/mol. The lowest BCUT2D eigenvalue weighted by Crippen LogP contribution is -2.24. The van der Waals surface area contributed by atoms with Gasteiger partial charge in [-0.25, -0.2) is 4.68 Å². The minimum Gasteiger partial charge on any atom is -0.312 e. The molecule has 5 nitrogen and oxygen atoms in total.